The van der Waals surface area contributed by atoms with Crippen molar-refractivity contribution in [2.45, 2.75) is 6.42 Å². The van der Waals surface area contributed by atoms with E-state index in [1.54, 1.807) is 12.3 Å². The molecule has 0 aliphatic rings. The van der Waals surface area contributed by atoms with Crippen molar-refractivity contribution < 1.29 is 4.79 Å². The standard InChI is InChI=1S/C10H10ClN5O/c11-7-2-1-5-4-14-16-9(5)6(7)3-8(17)15-10(12)13/h1-2,4H,3H2,(H,14,16)(H4,12,13,15,17). The molecule has 0 aliphatic carbocycles. The smallest absolute Gasteiger partial charge is 0.253 e. The number of rotatable bonds is 2. The van der Waals surface area contributed by atoms with Crippen LogP contribution in [0.1, 0.15) is 5.56 Å². The molecule has 1 aromatic carbocycles. The van der Waals surface area contributed by atoms with Gasteiger partial charge in [0.25, 0.3) is 5.91 Å². The number of carbonyl (C=O) groups excluding carboxylic acids is 1. The number of fused-ring (bicyclic) bond motifs is 1. The maximum atomic E-state index is 11.5. The van der Waals surface area contributed by atoms with Crippen LogP contribution in [0, 0.1) is 0 Å². The molecule has 17 heavy (non-hydrogen) atoms. The molecule has 1 heterocycles. The lowest BCUT2D eigenvalue weighted by atomic mass is 10.1. The Kier molecular flexibility index (Phi) is 2.97. The molecular formula is C10H10ClN5O. The summed E-state index contributed by atoms with van der Waals surface area (Å²) >= 11 is 6.03. The van der Waals surface area contributed by atoms with E-state index in [0.29, 0.717) is 10.6 Å². The average molecular weight is 252 g/mol. The zero-order chi connectivity index (χ0) is 12.4. The molecule has 0 aliphatic heterocycles. The van der Waals surface area contributed by atoms with E-state index in [1.807, 2.05) is 6.07 Å². The van der Waals surface area contributed by atoms with Crippen LogP contribution < -0.4 is 11.5 Å². The summed E-state index contributed by atoms with van der Waals surface area (Å²) < 4.78 is 0. The number of aromatic amines is 1. The normalized spacial score (nSPS) is 10.4. The van der Waals surface area contributed by atoms with Crippen LogP contribution in [0.3, 0.4) is 0 Å². The maximum Gasteiger partial charge on any atom is 0.253 e. The summed E-state index contributed by atoms with van der Waals surface area (Å²) in [5.74, 6) is -0.711. The zero-order valence-corrected chi connectivity index (χ0v) is 9.53. The van der Waals surface area contributed by atoms with Crippen LogP contribution in [-0.2, 0) is 11.2 Å². The molecule has 7 heteroatoms. The third kappa shape index (κ3) is 2.36. The Morgan fingerprint density at radius 1 is 1.47 bits per heavy atom. The molecule has 1 aromatic heterocycles. The molecule has 2 rings (SSSR count). The minimum atomic E-state index is -0.450. The van der Waals surface area contributed by atoms with Gasteiger partial charge in [0.2, 0.25) is 0 Å². The van der Waals surface area contributed by atoms with E-state index in [-0.39, 0.29) is 12.4 Å². The van der Waals surface area contributed by atoms with Crippen LogP contribution in [0.2, 0.25) is 5.02 Å². The van der Waals surface area contributed by atoms with Gasteiger partial charge < -0.3 is 11.5 Å². The first-order valence-corrected chi connectivity index (χ1v) is 5.18. The van der Waals surface area contributed by atoms with Crippen LogP contribution >= 0.6 is 11.6 Å². The molecule has 0 spiro atoms. The highest BCUT2D eigenvalue weighted by Crippen LogP contribution is 2.24. The van der Waals surface area contributed by atoms with E-state index in [9.17, 15) is 4.79 Å². The second kappa shape index (κ2) is 4.42. The first-order chi connectivity index (χ1) is 8.08. The summed E-state index contributed by atoms with van der Waals surface area (Å²) in [4.78, 5) is 14.9. The molecule has 1 amide bonds. The summed E-state index contributed by atoms with van der Waals surface area (Å²) in [6.07, 6.45) is 1.68. The topological polar surface area (TPSA) is 110 Å². The fraction of sp³-hybridized carbons (Fsp3) is 0.100. The number of nitrogens with two attached hydrogens (primary N) is 2. The molecule has 2 aromatic rings. The number of aromatic nitrogens is 2. The number of aliphatic imine (C=N–C) groups is 1. The Bertz CT molecular complexity index is 600. The largest absolute Gasteiger partial charge is 0.370 e. The number of hydrogen-bond acceptors (Lipinski definition) is 2. The van der Waals surface area contributed by atoms with E-state index < -0.39 is 5.91 Å². The Morgan fingerprint density at radius 3 is 2.94 bits per heavy atom. The summed E-state index contributed by atoms with van der Waals surface area (Å²) in [5.41, 5.74) is 11.6. The summed E-state index contributed by atoms with van der Waals surface area (Å²) in [5, 5.41) is 8.03. The van der Waals surface area contributed by atoms with Crippen LogP contribution in [0.25, 0.3) is 10.9 Å². The van der Waals surface area contributed by atoms with Gasteiger partial charge >= 0.3 is 0 Å². The fourth-order valence-corrected chi connectivity index (χ4v) is 1.78. The molecule has 6 nitrogen and oxygen atoms in total. The number of halogens is 1. The summed E-state index contributed by atoms with van der Waals surface area (Å²) in [6.45, 7) is 0. The van der Waals surface area contributed by atoms with Crippen molar-refractivity contribution in [3.05, 3.63) is 28.9 Å². The van der Waals surface area contributed by atoms with E-state index >= 15 is 0 Å². The van der Waals surface area contributed by atoms with Crippen LogP contribution in [0.15, 0.2) is 23.3 Å². The van der Waals surface area contributed by atoms with Gasteiger partial charge in [-0.25, -0.2) is 0 Å². The molecule has 5 N–H and O–H groups in total. The number of nitrogens with zero attached hydrogens (tertiary/aromatic N) is 2. The number of H-pyrrole nitrogens is 1. The van der Waals surface area contributed by atoms with E-state index in [0.717, 1.165) is 10.9 Å². The number of nitrogens with one attached hydrogen (secondary N) is 1. The lowest BCUT2D eigenvalue weighted by Gasteiger charge is -2.03. The number of amides is 1. The Morgan fingerprint density at radius 2 is 2.24 bits per heavy atom. The summed E-state index contributed by atoms with van der Waals surface area (Å²) in [7, 11) is 0. The first-order valence-electron chi connectivity index (χ1n) is 4.81. The molecule has 0 bridgehead atoms. The van der Waals surface area contributed by atoms with E-state index in [2.05, 4.69) is 15.2 Å². The van der Waals surface area contributed by atoms with E-state index in [4.69, 9.17) is 23.1 Å². The molecule has 88 valence electrons. The van der Waals surface area contributed by atoms with Crippen LogP contribution in [0.5, 0.6) is 0 Å². The van der Waals surface area contributed by atoms with Crippen molar-refractivity contribution in [1.29, 1.82) is 0 Å². The monoisotopic (exact) mass is 251 g/mol. The van der Waals surface area contributed by atoms with Gasteiger partial charge in [-0.3, -0.25) is 9.89 Å². The molecule has 0 saturated heterocycles. The minimum absolute atomic E-state index is 0.0241. The third-order valence-corrected chi connectivity index (χ3v) is 2.60. The van der Waals surface area contributed by atoms with Gasteiger partial charge in [-0.05, 0) is 12.1 Å². The number of hydrogen-bond donors (Lipinski definition) is 3. The first kappa shape index (κ1) is 11.4. The molecule has 0 saturated carbocycles. The van der Waals surface area contributed by atoms with Crippen LogP contribution in [-0.4, -0.2) is 22.1 Å². The third-order valence-electron chi connectivity index (χ3n) is 2.25. The van der Waals surface area contributed by atoms with Gasteiger partial charge in [-0.1, -0.05) is 11.6 Å². The SMILES string of the molecule is NC(N)=NC(=O)Cc1c(Cl)ccc2cn[nH]c12. The Labute approximate surface area is 102 Å². The van der Waals surface area contributed by atoms with Gasteiger partial charge in [0.05, 0.1) is 18.1 Å². The van der Waals surface area contributed by atoms with E-state index in [1.165, 1.54) is 0 Å². The highest BCUT2D eigenvalue weighted by Gasteiger charge is 2.12. The van der Waals surface area contributed by atoms with Crippen molar-refractivity contribution in [3.8, 4) is 0 Å². The van der Waals surface area contributed by atoms with Crippen LogP contribution in [0.4, 0.5) is 0 Å². The van der Waals surface area contributed by atoms with Crippen molar-refractivity contribution in [1.82, 2.24) is 10.2 Å². The molecule has 0 unspecified atom stereocenters. The van der Waals surface area contributed by atoms with Gasteiger partial charge in [-0.15, -0.1) is 0 Å². The maximum absolute atomic E-state index is 11.5. The number of benzene rings is 1. The Hall–Kier alpha value is -2.08. The van der Waals surface area contributed by atoms with Crippen molar-refractivity contribution in [2.24, 2.45) is 16.5 Å². The second-order valence-corrected chi connectivity index (χ2v) is 3.87. The summed E-state index contributed by atoms with van der Waals surface area (Å²) in [6, 6.07) is 3.52. The second-order valence-electron chi connectivity index (χ2n) is 3.47. The van der Waals surface area contributed by atoms with Gasteiger partial charge in [-0.2, -0.15) is 10.1 Å². The van der Waals surface area contributed by atoms with Crippen molar-refractivity contribution in [2.75, 3.05) is 0 Å². The van der Waals surface area contributed by atoms with Crippen molar-refractivity contribution in [3.63, 3.8) is 0 Å². The quantitative estimate of drug-likeness (QED) is 0.535. The predicted molar refractivity (Wildman–Crippen MR) is 65.6 cm³/mol. The predicted octanol–water partition coefficient (Wildman–Crippen LogP) is 0.559. The molecule has 0 atom stereocenters. The highest BCUT2D eigenvalue weighted by atomic mass is 35.5. The van der Waals surface area contributed by atoms with Gasteiger partial charge in [0.15, 0.2) is 5.96 Å². The average Bonchev–Trinajstić information content (AvgIpc) is 2.69. The lowest BCUT2D eigenvalue weighted by molar-refractivity contribution is -0.117. The molecular weight excluding hydrogens is 242 g/mol. The molecule has 0 radical (unpaired) electrons. The lowest BCUT2D eigenvalue weighted by Crippen LogP contribution is -2.24. The zero-order valence-electron chi connectivity index (χ0n) is 8.77. The van der Waals surface area contributed by atoms with Crippen molar-refractivity contribution >= 4 is 34.4 Å². The number of guanidine groups is 1. The van der Waals surface area contributed by atoms with Gasteiger partial charge in [0, 0.05) is 16.0 Å². The number of carbonyl (C=O) groups is 1. The highest BCUT2D eigenvalue weighted by molar-refractivity contribution is 6.32. The minimum Gasteiger partial charge on any atom is -0.370 e. The van der Waals surface area contributed by atoms with Gasteiger partial charge in [0.1, 0.15) is 0 Å². The Balaban J connectivity index is 2.41. The fourth-order valence-electron chi connectivity index (χ4n) is 1.55. The molecule has 0 fully saturated rings.